The smallest absolute Gasteiger partial charge is 0.275 e. The highest BCUT2D eigenvalue weighted by Gasteiger charge is 2.12. The number of carbonyl (C=O) groups is 1. The van der Waals surface area contributed by atoms with Crippen LogP contribution in [0.3, 0.4) is 0 Å². The summed E-state index contributed by atoms with van der Waals surface area (Å²) in [6.45, 7) is 0.745. The van der Waals surface area contributed by atoms with Gasteiger partial charge in [0.2, 0.25) is 0 Å². The maximum Gasteiger partial charge on any atom is 0.275 e. The van der Waals surface area contributed by atoms with Gasteiger partial charge in [-0.1, -0.05) is 78.9 Å². The third-order valence-electron chi connectivity index (χ3n) is 5.86. The first kappa shape index (κ1) is 23.1. The topological polar surface area (TPSA) is 55.6 Å². The molecule has 36 heavy (non-hydrogen) atoms. The molecule has 5 aromatic rings. The average molecular weight is 478 g/mol. The molecule has 1 heterocycles. The number of hydrazone groups is 1. The molecule has 0 unspecified atom stereocenters. The zero-order valence-corrected chi connectivity index (χ0v) is 19.5. The predicted molar refractivity (Wildman–Crippen MR) is 140 cm³/mol. The summed E-state index contributed by atoms with van der Waals surface area (Å²) in [4.78, 5) is 12.9. The van der Waals surface area contributed by atoms with Crippen molar-refractivity contribution in [2.75, 3.05) is 0 Å². The van der Waals surface area contributed by atoms with E-state index in [4.69, 9.17) is 4.74 Å². The Hall–Kier alpha value is -4.71. The molecule has 0 spiro atoms. The fourth-order valence-corrected chi connectivity index (χ4v) is 4.06. The minimum atomic E-state index is -0.370. The number of amides is 1. The number of ether oxygens (including phenoxy) is 1. The van der Waals surface area contributed by atoms with Crippen molar-refractivity contribution in [2.45, 2.75) is 13.2 Å². The van der Waals surface area contributed by atoms with Crippen molar-refractivity contribution in [3.8, 4) is 5.75 Å². The molecule has 0 fully saturated rings. The Morgan fingerprint density at radius 3 is 2.47 bits per heavy atom. The number of nitrogens with one attached hydrogen (secondary N) is 1. The van der Waals surface area contributed by atoms with Crippen molar-refractivity contribution in [1.82, 2.24) is 9.99 Å². The van der Waals surface area contributed by atoms with E-state index in [1.54, 1.807) is 36.5 Å². The van der Waals surface area contributed by atoms with Gasteiger partial charge in [0.1, 0.15) is 18.2 Å². The Balaban J connectivity index is 1.32. The van der Waals surface area contributed by atoms with Gasteiger partial charge in [-0.25, -0.2) is 9.82 Å². The lowest BCUT2D eigenvalue weighted by molar-refractivity contribution is 0.0950. The lowest BCUT2D eigenvalue weighted by Gasteiger charge is -2.10. The van der Waals surface area contributed by atoms with Gasteiger partial charge in [-0.05, 0) is 29.8 Å². The standard InChI is InChI=1S/C30H24FN3O2/c31-27-15-7-4-12-23(27)19-34-20-24(25-13-5-8-16-28(25)34)18-32-33-30(35)26-14-6-9-17-29(26)36-21-22-10-2-1-3-11-22/h1-18,20H,19,21H2,(H,33,35)/b32-18+. The molecule has 6 heteroatoms. The number of halogens is 1. The van der Waals surface area contributed by atoms with Crippen LogP contribution in [0.4, 0.5) is 4.39 Å². The van der Waals surface area contributed by atoms with Gasteiger partial charge in [0.25, 0.3) is 5.91 Å². The fourth-order valence-electron chi connectivity index (χ4n) is 4.06. The second-order valence-corrected chi connectivity index (χ2v) is 8.29. The number of nitrogens with zero attached hydrogens (tertiary/aromatic N) is 2. The zero-order chi connectivity index (χ0) is 24.7. The fraction of sp³-hybridized carbons (Fsp3) is 0.0667. The molecule has 0 aliphatic carbocycles. The van der Waals surface area contributed by atoms with Crippen molar-refractivity contribution >= 4 is 23.0 Å². The van der Waals surface area contributed by atoms with Crippen LogP contribution in [0, 0.1) is 5.82 Å². The molecular weight excluding hydrogens is 453 g/mol. The lowest BCUT2D eigenvalue weighted by atomic mass is 10.2. The second-order valence-electron chi connectivity index (χ2n) is 8.29. The Labute approximate surface area is 208 Å². The quantitative estimate of drug-likeness (QED) is 0.215. The minimum absolute atomic E-state index is 0.245. The second kappa shape index (κ2) is 10.7. The highest BCUT2D eigenvalue weighted by molar-refractivity contribution is 6.01. The summed E-state index contributed by atoms with van der Waals surface area (Å²) in [5, 5.41) is 5.15. The lowest BCUT2D eigenvalue weighted by Crippen LogP contribution is -2.18. The van der Waals surface area contributed by atoms with Crippen LogP contribution in [-0.2, 0) is 13.2 Å². The highest BCUT2D eigenvalue weighted by atomic mass is 19.1. The molecule has 0 aliphatic heterocycles. The summed E-state index contributed by atoms with van der Waals surface area (Å²) in [6.07, 6.45) is 3.51. The third-order valence-corrected chi connectivity index (χ3v) is 5.86. The molecule has 5 rings (SSSR count). The van der Waals surface area contributed by atoms with Gasteiger partial charge < -0.3 is 9.30 Å². The third kappa shape index (κ3) is 5.18. The van der Waals surface area contributed by atoms with E-state index < -0.39 is 0 Å². The predicted octanol–water partition coefficient (Wildman–Crippen LogP) is 6.17. The first-order valence-electron chi connectivity index (χ1n) is 11.6. The zero-order valence-electron chi connectivity index (χ0n) is 19.5. The summed E-state index contributed by atoms with van der Waals surface area (Å²) in [7, 11) is 0. The Morgan fingerprint density at radius 1 is 0.889 bits per heavy atom. The summed E-state index contributed by atoms with van der Waals surface area (Å²) >= 11 is 0. The van der Waals surface area contributed by atoms with Gasteiger partial charge in [-0.2, -0.15) is 5.10 Å². The Morgan fingerprint density at radius 2 is 1.61 bits per heavy atom. The normalized spacial score (nSPS) is 11.1. The molecule has 5 nitrogen and oxygen atoms in total. The number of aromatic nitrogens is 1. The molecule has 0 saturated heterocycles. The van der Waals surface area contributed by atoms with Crippen LogP contribution in [0.25, 0.3) is 10.9 Å². The molecular formula is C30H24FN3O2. The van der Waals surface area contributed by atoms with Gasteiger partial charge in [0.05, 0.1) is 18.3 Å². The van der Waals surface area contributed by atoms with Gasteiger partial charge in [-0.3, -0.25) is 4.79 Å². The Kier molecular flexibility index (Phi) is 6.85. The molecule has 1 aromatic heterocycles. The maximum atomic E-state index is 14.2. The number of benzene rings is 4. The SMILES string of the molecule is O=C(N/N=C/c1cn(Cc2ccccc2F)c2ccccc12)c1ccccc1OCc1ccccc1. The van der Waals surface area contributed by atoms with Crippen LogP contribution >= 0.6 is 0 Å². The van der Waals surface area contributed by atoms with Crippen LogP contribution in [-0.4, -0.2) is 16.7 Å². The van der Waals surface area contributed by atoms with Crippen molar-refractivity contribution in [1.29, 1.82) is 0 Å². The number of fused-ring (bicyclic) bond motifs is 1. The first-order valence-corrected chi connectivity index (χ1v) is 11.6. The van der Waals surface area contributed by atoms with E-state index in [0.29, 0.717) is 30.0 Å². The molecule has 0 bridgehead atoms. The molecule has 0 saturated carbocycles. The molecule has 1 N–H and O–H groups in total. The van der Waals surface area contributed by atoms with E-state index in [1.807, 2.05) is 77.5 Å². The van der Waals surface area contributed by atoms with E-state index >= 15 is 0 Å². The summed E-state index contributed by atoms with van der Waals surface area (Å²) < 4.78 is 22.1. The number of hydrogen-bond acceptors (Lipinski definition) is 3. The van der Waals surface area contributed by atoms with Crippen molar-refractivity contribution < 1.29 is 13.9 Å². The molecule has 0 radical (unpaired) electrons. The van der Waals surface area contributed by atoms with E-state index in [2.05, 4.69) is 10.5 Å². The van der Waals surface area contributed by atoms with Gasteiger partial charge in [0.15, 0.2) is 0 Å². The molecule has 1 amide bonds. The Bertz CT molecular complexity index is 1530. The number of rotatable bonds is 8. The van der Waals surface area contributed by atoms with Gasteiger partial charge in [-0.15, -0.1) is 0 Å². The average Bonchev–Trinajstić information content (AvgIpc) is 3.27. The van der Waals surface area contributed by atoms with Gasteiger partial charge >= 0.3 is 0 Å². The molecule has 0 aliphatic rings. The summed E-state index contributed by atoms with van der Waals surface area (Å²) in [5.74, 6) is -0.133. The van der Waals surface area contributed by atoms with E-state index in [-0.39, 0.29) is 11.7 Å². The minimum Gasteiger partial charge on any atom is -0.488 e. The number of carbonyl (C=O) groups excluding carboxylic acids is 1. The van der Waals surface area contributed by atoms with Crippen LogP contribution in [0.15, 0.2) is 114 Å². The van der Waals surface area contributed by atoms with Crippen LogP contribution in [0.1, 0.15) is 27.0 Å². The molecule has 178 valence electrons. The van der Waals surface area contributed by atoms with E-state index in [9.17, 15) is 9.18 Å². The van der Waals surface area contributed by atoms with Crippen LogP contribution in [0.2, 0.25) is 0 Å². The van der Waals surface area contributed by atoms with Crippen LogP contribution in [0.5, 0.6) is 5.75 Å². The largest absolute Gasteiger partial charge is 0.488 e. The van der Waals surface area contributed by atoms with Crippen LogP contribution < -0.4 is 10.2 Å². The summed E-state index contributed by atoms with van der Waals surface area (Å²) in [6, 6.07) is 31.4. The van der Waals surface area contributed by atoms with Crippen molar-refractivity contribution in [3.05, 3.63) is 137 Å². The van der Waals surface area contributed by atoms with Gasteiger partial charge in [0, 0.05) is 28.2 Å². The maximum absolute atomic E-state index is 14.2. The highest BCUT2D eigenvalue weighted by Crippen LogP contribution is 2.22. The number of para-hydroxylation sites is 2. The number of hydrogen-bond donors (Lipinski definition) is 1. The first-order chi connectivity index (χ1) is 17.7. The monoisotopic (exact) mass is 477 g/mol. The van der Waals surface area contributed by atoms with E-state index in [0.717, 1.165) is 22.0 Å². The van der Waals surface area contributed by atoms with Crippen molar-refractivity contribution in [2.24, 2.45) is 5.10 Å². The van der Waals surface area contributed by atoms with E-state index in [1.165, 1.54) is 6.07 Å². The van der Waals surface area contributed by atoms with Crippen molar-refractivity contribution in [3.63, 3.8) is 0 Å². The molecule has 0 atom stereocenters. The molecule has 4 aromatic carbocycles. The summed E-state index contributed by atoms with van der Waals surface area (Å²) in [5.41, 5.74) is 6.37.